The number of Topliss-reactive ketones (excluding diaryl/α,β-unsaturated/α-hetero) is 2. The molecule has 0 bridgehead atoms. The monoisotopic (exact) mass is 332 g/mol. The number of carbonyl (C=O) groups is 4. The average molecular weight is 332 g/mol. The zero-order chi connectivity index (χ0) is 18.2. The molecule has 10 heteroatoms. The Labute approximate surface area is 133 Å². The third-order valence-corrected chi connectivity index (χ3v) is 3.20. The summed E-state index contributed by atoms with van der Waals surface area (Å²) in [5, 5.41) is 20.2. The van der Waals surface area contributed by atoms with Gasteiger partial charge in [-0.2, -0.15) is 0 Å². The zero-order valence-corrected chi connectivity index (χ0v) is 12.9. The maximum absolute atomic E-state index is 12.0. The van der Waals surface area contributed by atoms with Crippen molar-refractivity contribution in [2.45, 2.75) is 38.0 Å². The Balaban J connectivity index is 4.76. The third kappa shape index (κ3) is 7.79. The van der Waals surface area contributed by atoms with Gasteiger partial charge in [0, 0.05) is 12.8 Å². The molecule has 10 nitrogen and oxygen atoms in total. The van der Waals surface area contributed by atoms with Gasteiger partial charge >= 0.3 is 0 Å². The maximum atomic E-state index is 12.0. The molecule has 0 radical (unpaired) electrons. The van der Waals surface area contributed by atoms with Gasteiger partial charge in [0.05, 0.1) is 37.3 Å². The van der Waals surface area contributed by atoms with Gasteiger partial charge in [-0.25, -0.2) is 0 Å². The average Bonchev–Trinajstić information content (AvgIpc) is 2.48. The van der Waals surface area contributed by atoms with Crippen LogP contribution in [-0.4, -0.2) is 64.9 Å². The molecule has 0 aliphatic carbocycles. The normalized spacial score (nSPS) is 16.0. The van der Waals surface area contributed by atoms with Gasteiger partial charge in [-0.15, -0.1) is 0 Å². The molecular weight excluding hydrogens is 308 g/mol. The molecule has 132 valence electrons. The fourth-order valence-electron chi connectivity index (χ4n) is 1.70. The van der Waals surface area contributed by atoms with Crippen LogP contribution in [0.2, 0.25) is 0 Å². The molecule has 0 aromatic carbocycles. The third-order valence-electron chi connectivity index (χ3n) is 3.20. The number of hydrogen-bond acceptors (Lipinski definition) is 8. The number of ketones is 2. The van der Waals surface area contributed by atoms with Crippen LogP contribution in [0, 0.1) is 5.92 Å². The Bertz CT molecular complexity index is 454. The standard InChI is InChI=1S/C13H24N4O6/c1-6(19)12(16)9(20)2-7(3-11(15)22)13(23)17-4-10(21)8(14)5-18/h6-8,12,18-19H,2-5,14,16H2,1H3,(H2,15,22)(H,17,23)/t6?,7-,8-,12-/m0/s1. The number of nitrogens with two attached hydrogens (primary N) is 3. The number of hydrogen-bond donors (Lipinski definition) is 6. The van der Waals surface area contributed by atoms with E-state index in [1.807, 2.05) is 0 Å². The summed E-state index contributed by atoms with van der Waals surface area (Å²) < 4.78 is 0. The van der Waals surface area contributed by atoms with Crippen LogP contribution in [0.4, 0.5) is 0 Å². The lowest BCUT2D eigenvalue weighted by molar-refractivity contribution is -0.134. The molecule has 0 rings (SSSR count). The van der Waals surface area contributed by atoms with Gasteiger partial charge < -0.3 is 32.7 Å². The van der Waals surface area contributed by atoms with Crippen LogP contribution in [0.5, 0.6) is 0 Å². The van der Waals surface area contributed by atoms with E-state index in [0.717, 1.165) is 0 Å². The first-order valence-corrected chi connectivity index (χ1v) is 7.01. The Hall–Kier alpha value is -1.88. The van der Waals surface area contributed by atoms with Crippen molar-refractivity contribution in [1.82, 2.24) is 5.32 Å². The first kappa shape index (κ1) is 21.1. The summed E-state index contributed by atoms with van der Waals surface area (Å²) in [7, 11) is 0. The van der Waals surface area contributed by atoms with Crippen LogP contribution in [0.25, 0.3) is 0 Å². The highest BCUT2D eigenvalue weighted by atomic mass is 16.3. The Morgan fingerprint density at radius 3 is 2.09 bits per heavy atom. The molecule has 0 aliphatic heterocycles. The molecule has 0 aliphatic rings. The van der Waals surface area contributed by atoms with Crippen LogP contribution >= 0.6 is 0 Å². The van der Waals surface area contributed by atoms with Gasteiger partial charge in [0.1, 0.15) is 0 Å². The number of primary amides is 1. The van der Waals surface area contributed by atoms with Crippen molar-refractivity contribution >= 4 is 23.4 Å². The quantitative estimate of drug-likeness (QED) is 0.221. The van der Waals surface area contributed by atoms with Crippen molar-refractivity contribution in [3.05, 3.63) is 0 Å². The second-order valence-electron chi connectivity index (χ2n) is 5.28. The largest absolute Gasteiger partial charge is 0.394 e. The predicted molar refractivity (Wildman–Crippen MR) is 79.7 cm³/mol. The molecule has 23 heavy (non-hydrogen) atoms. The van der Waals surface area contributed by atoms with Crippen molar-refractivity contribution in [1.29, 1.82) is 0 Å². The number of aliphatic hydroxyl groups is 2. The van der Waals surface area contributed by atoms with E-state index >= 15 is 0 Å². The second kappa shape index (κ2) is 10.0. The highest BCUT2D eigenvalue weighted by molar-refractivity contribution is 5.94. The van der Waals surface area contributed by atoms with E-state index in [-0.39, 0.29) is 0 Å². The minimum Gasteiger partial charge on any atom is -0.394 e. The van der Waals surface area contributed by atoms with E-state index < -0.39 is 73.5 Å². The number of rotatable bonds is 11. The van der Waals surface area contributed by atoms with Gasteiger partial charge in [0.2, 0.25) is 11.8 Å². The number of amides is 2. The molecule has 0 spiro atoms. The predicted octanol–water partition coefficient (Wildman–Crippen LogP) is -3.85. The SMILES string of the molecule is CC(O)[C@H](N)C(=O)C[C@@H](CC(N)=O)C(=O)NCC(=O)[C@@H](N)CO. The van der Waals surface area contributed by atoms with Crippen LogP contribution in [0.3, 0.4) is 0 Å². The molecule has 0 fully saturated rings. The summed E-state index contributed by atoms with van der Waals surface area (Å²) >= 11 is 0. The van der Waals surface area contributed by atoms with E-state index in [4.69, 9.17) is 22.3 Å². The maximum Gasteiger partial charge on any atom is 0.224 e. The summed E-state index contributed by atoms with van der Waals surface area (Å²) in [6, 6.07) is -2.32. The number of aliphatic hydroxyl groups excluding tert-OH is 2. The lowest BCUT2D eigenvalue weighted by atomic mass is 9.93. The molecule has 9 N–H and O–H groups in total. The Morgan fingerprint density at radius 2 is 1.65 bits per heavy atom. The summed E-state index contributed by atoms with van der Waals surface area (Å²) in [5.41, 5.74) is 15.8. The molecule has 1 unspecified atom stereocenters. The van der Waals surface area contributed by atoms with Crippen molar-refractivity contribution in [2.24, 2.45) is 23.1 Å². The van der Waals surface area contributed by atoms with Crippen molar-refractivity contribution in [2.75, 3.05) is 13.2 Å². The number of nitrogens with one attached hydrogen (secondary N) is 1. The molecule has 0 heterocycles. The van der Waals surface area contributed by atoms with Crippen LogP contribution in [-0.2, 0) is 19.2 Å². The van der Waals surface area contributed by atoms with E-state index in [1.54, 1.807) is 0 Å². The smallest absolute Gasteiger partial charge is 0.224 e. The van der Waals surface area contributed by atoms with E-state index in [1.165, 1.54) is 6.92 Å². The van der Waals surface area contributed by atoms with Gasteiger partial charge in [-0.3, -0.25) is 19.2 Å². The first-order valence-electron chi connectivity index (χ1n) is 7.01. The fourth-order valence-corrected chi connectivity index (χ4v) is 1.70. The first-order chi connectivity index (χ1) is 10.6. The summed E-state index contributed by atoms with van der Waals surface area (Å²) in [6.07, 6.45) is -1.92. The zero-order valence-electron chi connectivity index (χ0n) is 12.9. The van der Waals surface area contributed by atoms with Crippen LogP contribution < -0.4 is 22.5 Å². The van der Waals surface area contributed by atoms with Crippen molar-refractivity contribution < 1.29 is 29.4 Å². The topological polar surface area (TPSA) is 199 Å². The molecule has 0 saturated carbocycles. The summed E-state index contributed by atoms with van der Waals surface area (Å²) in [4.78, 5) is 46.3. The Morgan fingerprint density at radius 1 is 1.09 bits per heavy atom. The highest BCUT2D eigenvalue weighted by Gasteiger charge is 2.28. The molecule has 2 amide bonds. The molecule has 0 aromatic heterocycles. The molecular formula is C13H24N4O6. The summed E-state index contributed by atoms with van der Waals surface area (Å²) in [6.45, 7) is 0.300. The number of carbonyl (C=O) groups excluding carboxylic acids is 4. The van der Waals surface area contributed by atoms with E-state index in [9.17, 15) is 24.3 Å². The van der Waals surface area contributed by atoms with Gasteiger partial charge in [-0.05, 0) is 6.92 Å². The van der Waals surface area contributed by atoms with Crippen LogP contribution in [0.1, 0.15) is 19.8 Å². The minimum absolute atomic E-state index is 0.402. The van der Waals surface area contributed by atoms with E-state index in [2.05, 4.69) is 5.32 Å². The van der Waals surface area contributed by atoms with Gasteiger partial charge in [0.25, 0.3) is 0 Å². The van der Waals surface area contributed by atoms with Gasteiger partial charge in [0.15, 0.2) is 11.6 Å². The van der Waals surface area contributed by atoms with Crippen LogP contribution in [0.15, 0.2) is 0 Å². The fraction of sp³-hybridized carbons (Fsp3) is 0.692. The summed E-state index contributed by atoms with van der Waals surface area (Å²) in [5.74, 6) is -3.87. The van der Waals surface area contributed by atoms with E-state index in [0.29, 0.717) is 0 Å². The second-order valence-corrected chi connectivity index (χ2v) is 5.28. The molecule has 0 aromatic rings. The van der Waals surface area contributed by atoms with Crippen molar-refractivity contribution in [3.63, 3.8) is 0 Å². The van der Waals surface area contributed by atoms with Gasteiger partial charge in [-0.1, -0.05) is 0 Å². The highest BCUT2D eigenvalue weighted by Crippen LogP contribution is 2.11. The van der Waals surface area contributed by atoms with Crippen molar-refractivity contribution in [3.8, 4) is 0 Å². The molecule has 0 saturated heterocycles. The molecule has 4 atom stereocenters. The lowest BCUT2D eigenvalue weighted by Gasteiger charge is -2.18. The Kier molecular flexibility index (Phi) is 9.18. The minimum atomic E-state index is -1.19. The lowest BCUT2D eigenvalue weighted by Crippen LogP contribution is -2.46.